The molecule has 1 aromatic carbocycles. The van der Waals surface area contributed by atoms with Crippen LogP contribution in [0.3, 0.4) is 0 Å². The number of carbonyl (C=O) groups is 1. The minimum Gasteiger partial charge on any atom is -0.378 e. The van der Waals surface area contributed by atoms with E-state index in [2.05, 4.69) is 26.2 Å². The van der Waals surface area contributed by atoms with Crippen molar-refractivity contribution in [3.63, 3.8) is 0 Å². The van der Waals surface area contributed by atoms with Crippen molar-refractivity contribution in [2.45, 2.75) is 6.54 Å². The Balaban J connectivity index is 2.14. The first kappa shape index (κ1) is 15.8. The Kier molecular flexibility index (Phi) is 5.20. The number of anilines is 1. The molecule has 0 saturated carbocycles. The monoisotopic (exact) mass is 367 g/mol. The second kappa shape index (κ2) is 6.91. The lowest BCUT2D eigenvalue weighted by Crippen LogP contribution is -2.21. The molecule has 0 aliphatic rings. The Bertz CT molecular complexity index is 644. The van der Waals surface area contributed by atoms with Gasteiger partial charge in [0.15, 0.2) is 0 Å². The topological polar surface area (TPSA) is 45.2 Å². The standard InChI is InChI=1S/C15H15BrClN3O/c1-20(2)15(21)10-3-6-13(17)14(7-10)19-9-12-5-4-11(16)8-18-12/h3-8,19H,9H2,1-2H3. The third-order valence-corrected chi connectivity index (χ3v) is 3.67. The number of aromatic nitrogens is 1. The van der Waals surface area contributed by atoms with Crippen molar-refractivity contribution in [1.29, 1.82) is 0 Å². The molecule has 0 bridgehead atoms. The van der Waals surface area contributed by atoms with Crippen LogP contribution in [0.15, 0.2) is 41.0 Å². The highest BCUT2D eigenvalue weighted by Crippen LogP contribution is 2.24. The Morgan fingerprint density at radius 3 is 2.71 bits per heavy atom. The van der Waals surface area contributed by atoms with E-state index in [-0.39, 0.29) is 5.91 Å². The summed E-state index contributed by atoms with van der Waals surface area (Å²) in [7, 11) is 3.44. The van der Waals surface area contributed by atoms with E-state index in [1.54, 1.807) is 38.5 Å². The maximum atomic E-state index is 12.0. The number of amides is 1. The summed E-state index contributed by atoms with van der Waals surface area (Å²) in [5.41, 5.74) is 2.20. The van der Waals surface area contributed by atoms with Crippen molar-refractivity contribution in [1.82, 2.24) is 9.88 Å². The molecule has 0 aliphatic heterocycles. The lowest BCUT2D eigenvalue weighted by Gasteiger charge is -2.13. The summed E-state index contributed by atoms with van der Waals surface area (Å²) in [5.74, 6) is -0.0588. The first-order chi connectivity index (χ1) is 9.97. The van der Waals surface area contributed by atoms with Crippen molar-refractivity contribution in [2.75, 3.05) is 19.4 Å². The summed E-state index contributed by atoms with van der Waals surface area (Å²) in [6.45, 7) is 0.534. The largest absolute Gasteiger partial charge is 0.378 e. The molecule has 21 heavy (non-hydrogen) atoms. The zero-order chi connectivity index (χ0) is 15.4. The average molecular weight is 369 g/mol. The van der Waals surface area contributed by atoms with Crippen LogP contribution in [0.1, 0.15) is 16.1 Å². The SMILES string of the molecule is CN(C)C(=O)c1ccc(Cl)c(NCc2ccc(Br)cn2)c1. The number of halogens is 2. The predicted molar refractivity (Wildman–Crippen MR) is 88.7 cm³/mol. The van der Waals surface area contributed by atoms with Crippen molar-refractivity contribution in [2.24, 2.45) is 0 Å². The van der Waals surface area contributed by atoms with E-state index in [1.807, 2.05) is 12.1 Å². The fourth-order valence-corrected chi connectivity index (χ4v) is 2.17. The molecule has 0 atom stereocenters. The molecule has 2 rings (SSSR count). The first-order valence-corrected chi connectivity index (χ1v) is 7.50. The molecule has 0 aliphatic carbocycles. The molecule has 6 heteroatoms. The Morgan fingerprint density at radius 2 is 2.10 bits per heavy atom. The van der Waals surface area contributed by atoms with Crippen LogP contribution in [0, 0.1) is 0 Å². The van der Waals surface area contributed by atoms with Crippen LogP contribution in [0.25, 0.3) is 0 Å². The van der Waals surface area contributed by atoms with Gasteiger partial charge >= 0.3 is 0 Å². The molecule has 0 fully saturated rings. The van der Waals surface area contributed by atoms with Gasteiger partial charge in [-0.2, -0.15) is 0 Å². The third-order valence-electron chi connectivity index (χ3n) is 2.87. The van der Waals surface area contributed by atoms with E-state index in [0.29, 0.717) is 22.8 Å². The number of nitrogens with zero attached hydrogens (tertiary/aromatic N) is 2. The summed E-state index contributed by atoms with van der Waals surface area (Å²) in [6.07, 6.45) is 1.74. The highest BCUT2D eigenvalue weighted by Gasteiger charge is 2.10. The van der Waals surface area contributed by atoms with Crippen LogP contribution in [0.4, 0.5) is 5.69 Å². The number of rotatable bonds is 4. The molecule has 0 radical (unpaired) electrons. The van der Waals surface area contributed by atoms with Crippen LogP contribution < -0.4 is 5.32 Å². The molecule has 4 nitrogen and oxygen atoms in total. The van der Waals surface area contributed by atoms with E-state index in [4.69, 9.17) is 11.6 Å². The van der Waals surface area contributed by atoms with Gasteiger partial charge in [-0.3, -0.25) is 9.78 Å². The maximum absolute atomic E-state index is 12.0. The van der Waals surface area contributed by atoms with Gasteiger partial charge in [0, 0.05) is 30.3 Å². The minimum atomic E-state index is -0.0588. The number of hydrogen-bond donors (Lipinski definition) is 1. The fraction of sp³-hybridized carbons (Fsp3) is 0.200. The molecule has 110 valence electrons. The molecule has 1 N–H and O–H groups in total. The number of nitrogens with one attached hydrogen (secondary N) is 1. The zero-order valence-corrected chi connectivity index (χ0v) is 14.1. The van der Waals surface area contributed by atoms with E-state index in [1.165, 1.54) is 4.90 Å². The van der Waals surface area contributed by atoms with E-state index < -0.39 is 0 Å². The van der Waals surface area contributed by atoms with E-state index in [0.717, 1.165) is 10.2 Å². The van der Waals surface area contributed by atoms with Gasteiger partial charge in [0.2, 0.25) is 0 Å². The summed E-state index contributed by atoms with van der Waals surface area (Å²) < 4.78 is 0.933. The quantitative estimate of drug-likeness (QED) is 0.892. The van der Waals surface area contributed by atoms with Crippen molar-refractivity contribution in [3.8, 4) is 0 Å². The van der Waals surface area contributed by atoms with Crippen LogP contribution in [-0.4, -0.2) is 29.9 Å². The highest BCUT2D eigenvalue weighted by molar-refractivity contribution is 9.10. The second-order valence-corrected chi connectivity index (χ2v) is 6.04. The number of benzene rings is 1. The first-order valence-electron chi connectivity index (χ1n) is 6.33. The summed E-state index contributed by atoms with van der Waals surface area (Å²) >= 11 is 9.50. The van der Waals surface area contributed by atoms with E-state index in [9.17, 15) is 4.79 Å². The van der Waals surface area contributed by atoms with Gasteiger partial charge in [0.25, 0.3) is 5.91 Å². The van der Waals surface area contributed by atoms with Crippen LogP contribution >= 0.6 is 27.5 Å². The third kappa shape index (κ3) is 4.19. The molecule has 1 amide bonds. The van der Waals surface area contributed by atoms with Crippen LogP contribution in [0.5, 0.6) is 0 Å². The Hall–Kier alpha value is -1.59. The van der Waals surface area contributed by atoms with Gasteiger partial charge in [-0.1, -0.05) is 11.6 Å². The van der Waals surface area contributed by atoms with Gasteiger partial charge in [0.05, 0.1) is 22.9 Å². The number of hydrogen-bond acceptors (Lipinski definition) is 3. The van der Waals surface area contributed by atoms with Crippen molar-refractivity contribution >= 4 is 39.1 Å². The Labute approximate surface area is 137 Å². The molecule has 0 saturated heterocycles. The molecule has 0 spiro atoms. The smallest absolute Gasteiger partial charge is 0.253 e. The van der Waals surface area contributed by atoms with Gasteiger partial charge in [-0.15, -0.1) is 0 Å². The number of pyridine rings is 1. The molecule has 0 unspecified atom stereocenters. The molecule has 1 heterocycles. The summed E-state index contributed by atoms with van der Waals surface area (Å²) in [4.78, 5) is 17.8. The van der Waals surface area contributed by atoms with Gasteiger partial charge in [0.1, 0.15) is 0 Å². The summed E-state index contributed by atoms with van der Waals surface area (Å²) in [5, 5.41) is 3.77. The zero-order valence-electron chi connectivity index (χ0n) is 11.7. The minimum absolute atomic E-state index is 0.0588. The molecular formula is C15H15BrClN3O. The number of carbonyl (C=O) groups excluding carboxylic acids is 1. The predicted octanol–water partition coefficient (Wildman–Crippen LogP) is 3.81. The van der Waals surface area contributed by atoms with Crippen molar-refractivity contribution in [3.05, 3.63) is 57.3 Å². The average Bonchev–Trinajstić information content (AvgIpc) is 2.47. The second-order valence-electron chi connectivity index (χ2n) is 4.72. The Morgan fingerprint density at radius 1 is 1.33 bits per heavy atom. The van der Waals surface area contributed by atoms with Gasteiger partial charge < -0.3 is 10.2 Å². The van der Waals surface area contributed by atoms with Crippen molar-refractivity contribution < 1.29 is 4.79 Å². The normalized spacial score (nSPS) is 10.3. The highest BCUT2D eigenvalue weighted by atomic mass is 79.9. The van der Waals surface area contributed by atoms with Crippen LogP contribution in [-0.2, 0) is 6.54 Å². The molecular weight excluding hydrogens is 354 g/mol. The van der Waals surface area contributed by atoms with E-state index >= 15 is 0 Å². The lowest BCUT2D eigenvalue weighted by molar-refractivity contribution is 0.0827. The van der Waals surface area contributed by atoms with Gasteiger partial charge in [-0.05, 0) is 46.3 Å². The summed E-state index contributed by atoms with van der Waals surface area (Å²) in [6, 6.07) is 9.03. The maximum Gasteiger partial charge on any atom is 0.253 e. The fourth-order valence-electron chi connectivity index (χ4n) is 1.75. The van der Waals surface area contributed by atoms with Gasteiger partial charge in [-0.25, -0.2) is 0 Å². The van der Waals surface area contributed by atoms with Crippen LogP contribution in [0.2, 0.25) is 5.02 Å². The molecule has 1 aromatic heterocycles. The molecule has 2 aromatic rings. The lowest BCUT2D eigenvalue weighted by atomic mass is 10.1.